The number of esters is 1. The molecule has 1 aliphatic rings. The first-order valence-electron chi connectivity index (χ1n) is 12.9. The number of ether oxygens (including phenoxy) is 1. The number of aromatic nitrogens is 4. The van der Waals surface area contributed by atoms with E-state index in [1.807, 2.05) is 115 Å². The second-order valence-electron chi connectivity index (χ2n) is 9.40. The molecule has 0 saturated heterocycles. The van der Waals surface area contributed by atoms with E-state index in [0.717, 1.165) is 33.3 Å². The van der Waals surface area contributed by atoms with Crippen molar-refractivity contribution in [1.82, 2.24) is 28.9 Å². The number of allylic oxidation sites excluding steroid dienone is 1. The van der Waals surface area contributed by atoms with Crippen molar-refractivity contribution in [2.45, 2.75) is 33.2 Å². The highest BCUT2D eigenvalue weighted by Gasteiger charge is 2.40. The Morgan fingerprint density at radius 1 is 0.846 bits per heavy atom. The van der Waals surface area contributed by atoms with Crippen LogP contribution in [0.25, 0.3) is 22.1 Å². The summed E-state index contributed by atoms with van der Waals surface area (Å²) in [6.45, 7) is 4.84. The highest BCUT2D eigenvalue weighted by Crippen LogP contribution is 2.39. The SMILES string of the molecule is CCOC(=O)C1=C(C)N(Cn2cnc3ccccc32)C(=S)N(Cn2cnc3ccccc32)C1c1ccccc1. The quantitative estimate of drug-likeness (QED) is 0.201. The van der Waals surface area contributed by atoms with Crippen molar-refractivity contribution in [2.24, 2.45) is 0 Å². The number of thiocarbonyl (C=S) groups is 1. The number of hydrogen-bond acceptors (Lipinski definition) is 5. The minimum Gasteiger partial charge on any atom is -0.463 e. The van der Waals surface area contributed by atoms with Crippen molar-refractivity contribution in [2.75, 3.05) is 6.61 Å². The normalized spacial score (nSPS) is 15.9. The molecule has 1 aliphatic heterocycles. The van der Waals surface area contributed by atoms with E-state index in [1.165, 1.54) is 0 Å². The summed E-state index contributed by atoms with van der Waals surface area (Å²) in [5.41, 5.74) is 6.06. The topological polar surface area (TPSA) is 68.4 Å². The van der Waals surface area contributed by atoms with Gasteiger partial charge in [-0.1, -0.05) is 54.6 Å². The summed E-state index contributed by atoms with van der Waals surface area (Å²) in [7, 11) is 0. The summed E-state index contributed by atoms with van der Waals surface area (Å²) in [5, 5.41) is 0.602. The van der Waals surface area contributed by atoms with Crippen molar-refractivity contribution < 1.29 is 9.53 Å². The maximum atomic E-state index is 13.6. The highest BCUT2D eigenvalue weighted by atomic mass is 32.1. The van der Waals surface area contributed by atoms with Gasteiger partial charge in [0.2, 0.25) is 0 Å². The first-order chi connectivity index (χ1) is 19.1. The standard InChI is InChI=1S/C30H28N6O2S/c1-3-38-29(37)27-21(2)35(19-33-17-31-23-13-7-9-15-25(23)33)30(39)36(28(27)22-11-5-4-6-12-22)20-34-18-32-24-14-8-10-16-26(24)34/h4-18,28H,3,19-20H2,1-2H3. The Morgan fingerprint density at radius 2 is 1.41 bits per heavy atom. The van der Waals surface area contributed by atoms with Gasteiger partial charge < -0.3 is 23.7 Å². The number of rotatable bonds is 7. The first-order valence-corrected chi connectivity index (χ1v) is 13.3. The number of carbonyl (C=O) groups excluding carboxylic acids is 1. The Morgan fingerprint density at radius 3 is 2.03 bits per heavy atom. The Labute approximate surface area is 231 Å². The van der Waals surface area contributed by atoms with Crippen LogP contribution in [0.1, 0.15) is 25.5 Å². The lowest BCUT2D eigenvalue weighted by molar-refractivity contribution is -0.139. The summed E-state index contributed by atoms with van der Waals surface area (Å²) in [5.74, 6) is -0.354. The molecule has 3 heterocycles. The van der Waals surface area contributed by atoms with Crippen LogP contribution in [0.2, 0.25) is 0 Å². The predicted octanol–water partition coefficient (Wildman–Crippen LogP) is 5.48. The smallest absolute Gasteiger partial charge is 0.338 e. The average Bonchev–Trinajstić information content (AvgIpc) is 3.57. The van der Waals surface area contributed by atoms with Crippen molar-refractivity contribution in [3.05, 3.63) is 108 Å². The summed E-state index contributed by atoms with van der Waals surface area (Å²) >= 11 is 6.20. The molecule has 8 nitrogen and oxygen atoms in total. The zero-order valence-corrected chi connectivity index (χ0v) is 22.6. The lowest BCUT2D eigenvalue weighted by atomic mass is 9.93. The first kappa shape index (κ1) is 24.8. The Bertz CT molecular complexity index is 1710. The fraction of sp³-hybridized carbons (Fsp3) is 0.200. The van der Waals surface area contributed by atoms with Crippen molar-refractivity contribution in [1.29, 1.82) is 0 Å². The monoisotopic (exact) mass is 536 g/mol. The van der Waals surface area contributed by atoms with Gasteiger partial charge in [0, 0.05) is 5.70 Å². The second kappa shape index (κ2) is 10.3. The summed E-state index contributed by atoms with van der Waals surface area (Å²) in [6.07, 6.45) is 3.62. The molecule has 0 aliphatic carbocycles. The molecule has 0 amide bonds. The van der Waals surface area contributed by atoms with E-state index in [-0.39, 0.29) is 12.6 Å². The van der Waals surface area contributed by atoms with Gasteiger partial charge in [0.1, 0.15) is 6.67 Å². The zero-order valence-electron chi connectivity index (χ0n) is 21.8. The molecule has 0 fully saturated rings. The number of imidazole rings is 2. The van der Waals surface area contributed by atoms with E-state index >= 15 is 0 Å². The molecule has 5 aromatic rings. The number of nitrogens with zero attached hydrogens (tertiary/aromatic N) is 6. The number of carbonyl (C=O) groups is 1. The largest absolute Gasteiger partial charge is 0.463 e. The van der Waals surface area contributed by atoms with Gasteiger partial charge in [-0.15, -0.1) is 0 Å². The van der Waals surface area contributed by atoms with E-state index in [2.05, 4.69) is 19.4 Å². The Balaban J connectivity index is 1.50. The minimum atomic E-state index is -0.435. The molecule has 0 N–H and O–H groups in total. The van der Waals surface area contributed by atoms with Crippen molar-refractivity contribution in [3.63, 3.8) is 0 Å². The van der Waals surface area contributed by atoms with Gasteiger partial charge in [-0.2, -0.15) is 0 Å². The molecule has 2 aromatic heterocycles. The summed E-state index contributed by atoms with van der Waals surface area (Å²) in [4.78, 5) is 26.8. The molecular weight excluding hydrogens is 508 g/mol. The molecule has 196 valence electrons. The van der Waals surface area contributed by atoms with Gasteiger partial charge in [0.15, 0.2) is 5.11 Å². The van der Waals surface area contributed by atoms with Crippen LogP contribution in [-0.4, -0.2) is 46.6 Å². The van der Waals surface area contributed by atoms with Crippen LogP contribution in [0, 0.1) is 0 Å². The average molecular weight is 537 g/mol. The second-order valence-corrected chi connectivity index (χ2v) is 9.77. The van der Waals surface area contributed by atoms with Crippen molar-refractivity contribution >= 4 is 45.4 Å². The van der Waals surface area contributed by atoms with Crippen molar-refractivity contribution in [3.8, 4) is 0 Å². The molecule has 0 bridgehead atoms. The molecule has 39 heavy (non-hydrogen) atoms. The fourth-order valence-electron chi connectivity index (χ4n) is 5.23. The van der Waals surface area contributed by atoms with Gasteiger partial charge in [0.25, 0.3) is 0 Å². The van der Waals surface area contributed by atoms with Crippen LogP contribution in [-0.2, 0) is 22.9 Å². The van der Waals surface area contributed by atoms with Crippen LogP contribution in [0.3, 0.4) is 0 Å². The molecule has 3 aromatic carbocycles. The van der Waals surface area contributed by atoms with E-state index in [0.29, 0.717) is 24.0 Å². The molecule has 1 atom stereocenters. The summed E-state index contributed by atoms with van der Waals surface area (Å²) in [6, 6.07) is 25.5. The van der Waals surface area contributed by atoms with Crippen LogP contribution in [0.15, 0.2) is 103 Å². The lowest BCUT2D eigenvalue weighted by Crippen LogP contribution is -2.51. The van der Waals surface area contributed by atoms with Crippen LogP contribution in [0.5, 0.6) is 0 Å². The van der Waals surface area contributed by atoms with E-state index in [4.69, 9.17) is 17.0 Å². The third kappa shape index (κ3) is 4.44. The van der Waals surface area contributed by atoms with Gasteiger partial charge >= 0.3 is 5.97 Å². The number of fused-ring (bicyclic) bond motifs is 2. The van der Waals surface area contributed by atoms with Crippen LogP contribution >= 0.6 is 12.2 Å². The third-order valence-corrected chi connectivity index (χ3v) is 7.58. The molecule has 0 radical (unpaired) electrons. The molecule has 6 rings (SSSR count). The molecule has 0 spiro atoms. The minimum absolute atomic E-state index is 0.278. The van der Waals surface area contributed by atoms with E-state index < -0.39 is 6.04 Å². The van der Waals surface area contributed by atoms with Gasteiger partial charge in [-0.25, -0.2) is 14.8 Å². The predicted molar refractivity (Wildman–Crippen MR) is 154 cm³/mol. The Kier molecular flexibility index (Phi) is 6.58. The number of hydrogen-bond donors (Lipinski definition) is 0. The van der Waals surface area contributed by atoms with Crippen LogP contribution < -0.4 is 0 Å². The molecule has 1 unspecified atom stereocenters. The Hall–Kier alpha value is -4.50. The van der Waals surface area contributed by atoms with E-state index in [9.17, 15) is 4.79 Å². The fourth-order valence-corrected chi connectivity index (χ4v) is 5.59. The van der Waals surface area contributed by atoms with Gasteiger partial charge in [-0.05, 0) is 55.9 Å². The lowest BCUT2D eigenvalue weighted by Gasteiger charge is -2.45. The third-order valence-electron chi connectivity index (χ3n) is 7.12. The molecule has 0 saturated carbocycles. The van der Waals surface area contributed by atoms with Gasteiger partial charge in [0.05, 0.1) is 59.6 Å². The van der Waals surface area contributed by atoms with Crippen LogP contribution in [0.4, 0.5) is 0 Å². The number of para-hydroxylation sites is 4. The molecular formula is C30H28N6O2S. The molecule has 9 heteroatoms. The van der Waals surface area contributed by atoms with Gasteiger partial charge in [-0.3, -0.25) is 0 Å². The zero-order chi connectivity index (χ0) is 26.9. The number of benzene rings is 3. The highest BCUT2D eigenvalue weighted by molar-refractivity contribution is 7.80. The maximum absolute atomic E-state index is 13.6. The maximum Gasteiger partial charge on any atom is 0.338 e. The van der Waals surface area contributed by atoms with E-state index in [1.54, 1.807) is 0 Å². The summed E-state index contributed by atoms with van der Waals surface area (Å²) < 4.78 is 9.72.